The second-order valence-electron chi connectivity index (χ2n) is 2.62. The van der Waals surface area contributed by atoms with Gasteiger partial charge in [0.2, 0.25) is 0 Å². The van der Waals surface area contributed by atoms with Crippen molar-refractivity contribution < 1.29 is 4.79 Å². The van der Waals surface area contributed by atoms with Crippen LogP contribution in [0, 0.1) is 6.92 Å². The van der Waals surface area contributed by atoms with Crippen molar-refractivity contribution in [2.45, 2.75) is 18.7 Å². The predicted octanol–water partition coefficient (Wildman–Crippen LogP) is 1.82. The van der Waals surface area contributed by atoms with Gasteiger partial charge in [-0.3, -0.25) is 4.79 Å². The van der Waals surface area contributed by atoms with E-state index in [0.717, 1.165) is 10.6 Å². The normalized spacial score (nSPS) is 10.2. The smallest absolute Gasteiger partial charge is 0.176 e. The van der Waals surface area contributed by atoms with E-state index in [9.17, 15) is 4.79 Å². The van der Waals surface area contributed by atoms with E-state index >= 15 is 0 Å². The highest BCUT2D eigenvalue weighted by molar-refractivity contribution is 7.80. The molecule has 0 unspecified atom stereocenters. The third-order valence-electron chi connectivity index (χ3n) is 1.87. The lowest BCUT2D eigenvalue weighted by atomic mass is 10.3. The average molecular weight is 169 g/mol. The van der Waals surface area contributed by atoms with E-state index in [1.165, 1.54) is 0 Å². The van der Waals surface area contributed by atoms with E-state index < -0.39 is 0 Å². The van der Waals surface area contributed by atoms with Gasteiger partial charge < -0.3 is 4.57 Å². The molecule has 60 valence electrons. The van der Waals surface area contributed by atoms with Crippen molar-refractivity contribution in [2.75, 3.05) is 0 Å². The molecule has 0 aromatic carbocycles. The molecule has 0 aliphatic carbocycles. The number of Topliss-reactive ketones (excluding diaryl/α,β-unsaturated/α-hetero) is 1. The third-order valence-corrected chi connectivity index (χ3v) is 2.32. The molecule has 1 aromatic rings. The molecule has 0 N–H and O–H groups in total. The van der Waals surface area contributed by atoms with Crippen molar-refractivity contribution in [3.63, 3.8) is 0 Å². The van der Waals surface area contributed by atoms with Crippen LogP contribution < -0.4 is 0 Å². The standard InChI is InChI=1S/C8H11NOS/c1-5-8(11)4-7(6(2)10)9(5)3/h4,11H,1-3H3. The van der Waals surface area contributed by atoms with Crippen LogP contribution >= 0.6 is 12.6 Å². The summed E-state index contributed by atoms with van der Waals surface area (Å²) in [6.07, 6.45) is 0. The van der Waals surface area contributed by atoms with Crippen LogP contribution in [0.2, 0.25) is 0 Å². The van der Waals surface area contributed by atoms with Crippen LogP contribution in [0.1, 0.15) is 23.1 Å². The molecular weight excluding hydrogens is 158 g/mol. The number of carbonyl (C=O) groups is 1. The van der Waals surface area contributed by atoms with Crippen molar-refractivity contribution in [1.29, 1.82) is 0 Å². The topological polar surface area (TPSA) is 22.0 Å². The number of hydrogen-bond donors (Lipinski definition) is 1. The summed E-state index contributed by atoms with van der Waals surface area (Å²) in [5.74, 6) is 0.0795. The Labute approximate surface area is 71.6 Å². The minimum Gasteiger partial charge on any atom is -0.344 e. The van der Waals surface area contributed by atoms with Gasteiger partial charge in [0.05, 0.1) is 5.69 Å². The predicted molar refractivity (Wildman–Crippen MR) is 47.4 cm³/mol. The number of hydrogen-bond acceptors (Lipinski definition) is 2. The van der Waals surface area contributed by atoms with Gasteiger partial charge in [0.25, 0.3) is 0 Å². The molecule has 2 nitrogen and oxygen atoms in total. The third kappa shape index (κ3) is 1.33. The van der Waals surface area contributed by atoms with E-state index in [-0.39, 0.29) is 5.78 Å². The first-order chi connectivity index (χ1) is 5.04. The second kappa shape index (κ2) is 2.74. The highest BCUT2D eigenvalue weighted by atomic mass is 32.1. The Hall–Kier alpha value is -0.700. The van der Waals surface area contributed by atoms with Crippen molar-refractivity contribution in [3.8, 4) is 0 Å². The molecule has 1 aromatic heterocycles. The quantitative estimate of drug-likeness (QED) is 0.502. The fourth-order valence-electron chi connectivity index (χ4n) is 1.02. The molecule has 1 rings (SSSR count). The Bertz CT molecular complexity index is 301. The van der Waals surface area contributed by atoms with Gasteiger partial charge in [-0.15, -0.1) is 12.6 Å². The Morgan fingerprint density at radius 2 is 2.18 bits per heavy atom. The monoisotopic (exact) mass is 169 g/mol. The molecule has 0 amide bonds. The summed E-state index contributed by atoms with van der Waals surface area (Å²) in [5, 5.41) is 0. The number of rotatable bonds is 1. The van der Waals surface area contributed by atoms with E-state index in [4.69, 9.17) is 0 Å². The maximum Gasteiger partial charge on any atom is 0.176 e. The van der Waals surface area contributed by atoms with Crippen LogP contribution in [0.3, 0.4) is 0 Å². The average Bonchev–Trinajstić information content (AvgIpc) is 2.17. The van der Waals surface area contributed by atoms with Crippen LogP contribution in [0.5, 0.6) is 0 Å². The summed E-state index contributed by atoms with van der Waals surface area (Å²) in [4.78, 5) is 11.8. The first-order valence-electron chi connectivity index (χ1n) is 3.40. The molecule has 0 aliphatic heterocycles. The van der Waals surface area contributed by atoms with Crippen molar-refractivity contribution in [1.82, 2.24) is 4.57 Å². The Morgan fingerprint density at radius 1 is 1.64 bits per heavy atom. The van der Waals surface area contributed by atoms with Crippen molar-refractivity contribution in [2.24, 2.45) is 7.05 Å². The zero-order valence-corrected chi connectivity index (χ0v) is 7.77. The van der Waals surface area contributed by atoms with E-state index in [1.54, 1.807) is 13.0 Å². The number of aromatic nitrogens is 1. The minimum atomic E-state index is 0.0795. The van der Waals surface area contributed by atoms with Gasteiger partial charge in [-0.25, -0.2) is 0 Å². The minimum absolute atomic E-state index is 0.0795. The number of thiol groups is 1. The Kier molecular flexibility index (Phi) is 2.09. The van der Waals surface area contributed by atoms with E-state index in [0.29, 0.717) is 5.69 Å². The first kappa shape index (κ1) is 8.40. The zero-order valence-electron chi connectivity index (χ0n) is 6.88. The number of carbonyl (C=O) groups excluding carboxylic acids is 1. The van der Waals surface area contributed by atoms with Gasteiger partial charge in [0.1, 0.15) is 0 Å². The van der Waals surface area contributed by atoms with Gasteiger partial charge in [-0.1, -0.05) is 0 Å². The maximum atomic E-state index is 11.0. The fraction of sp³-hybridized carbons (Fsp3) is 0.375. The maximum absolute atomic E-state index is 11.0. The Balaban J connectivity index is 3.29. The van der Waals surface area contributed by atoms with Crippen molar-refractivity contribution in [3.05, 3.63) is 17.5 Å². The van der Waals surface area contributed by atoms with Crippen LogP contribution in [0.25, 0.3) is 0 Å². The molecule has 0 bridgehead atoms. The lowest BCUT2D eigenvalue weighted by molar-refractivity contribution is 0.101. The zero-order chi connectivity index (χ0) is 8.59. The molecule has 0 radical (unpaired) electrons. The molecule has 0 saturated carbocycles. The van der Waals surface area contributed by atoms with Gasteiger partial charge in [0, 0.05) is 24.6 Å². The van der Waals surface area contributed by atoms with E-state index in [1.807, 2.05) is 18.5 Å². The van der Waals surface area contributed by atoms with E-state index in [2.05, 4.69) is 12.6 Å². The highest BCUT2D eigenvalue weighted by Gasteiger charge is 2.08. The van der Waals surface area contributed by atoms with Crippen molar-refractivity contribution >= 4 is 18.4 Å². The molecule has 0 atom stereocenters. The lowest BCUT2D eigenvalue weighted by Crippen LogP contribution is -2.02. The summed E-state index contributed by atoms with van der Waals surface area (Å²) in [5.41, 5.74) is 1.74. The SMILES string of the molecule is CC(=O)c1cc(S)c(C)n1C. The molecular formula is C8H11NOS. The highest BCUT2D eigenvalue weighted by Crippen LogP contribution is 2.17. The van der Waals surface area contributed by atoms with Crippen LogP contribution in [-0.4, -0.2) is 10.4 Å². The Morgan fingerprint density at radius 3 is 2.36 bits per heavy atom. The molecule has 11 heavy (non-hydrogen) atoms. The summed E-state index contributed by atoms with van der Waals surface area (Å²) in [7, 11) is 1.87. The number of ketones is 1. The van der Waals surface area contributed by atoms with Crippen LogP contribution in [0.4, 0.5) is 0 Å². The molecule has 1 heterocycles. The molecule has 0 aliphatic rings. The van der Waals surface area contributed by atoms with Crippen LogP contribution in [0.15, 0.2) is 11.0 Å². The van der Waals surface area contributed by atoms with Gasteiger partial charge >= 0.3 is 0 Å². The summed E-state index contributed by atoms with van der Waals surface area (Å²) < 4.78 is 1.85. The molecule has 0 spiro atoms. The second-order valence-corrected chi connectivity index (χ2v) is 3.10. The largest absolute Gasteiger partial charge is 0.344 e. The fourth-order valence-corrected chi connectivity index (χ4v) is 1.29. The molecule has 3 heteroatoms. The summed E-state index contributed by atoms with van der Waals surface area (Å²) in [6, 6.07) is 1.79. The lowest BCUT2D eigenvalue weighted by Gasteiger charge is -1.99. The number of nitrogens with zero attached hydrogens (tertiary/aromatic N) is 1. The van der Waals surface area contributed by atoms with Gasteiger partial charge in [0.15, 0.2) is 5.78 Å². The summed E-state index contributed by atoms with van der Waals surface area (Å²) in [6.45, 7) is 3.50. The van der Waals surface area contributed by atoms with Gasteiger partial charge in [-0.2, -0.15) is 0 Å². The first-order valence-corrected chi connectivity index (χ1v) is 3.85. The molecule has 0 saturated heterocycles. The van der Waals surface area contributed by atoms with Gasteiger partial charge in [-0.05, 0) is 13.0 Å². The van der Waals surface area contributed by atoms with Crippen LogP contribution in [-0.2, 0) is 7.05 Å². The summed E-state index contributed by atoms with van der Waals surface area (Å²) >= 11 is 4.21. The molecule has 0 fully saturated rings.